The maximum absolute atomic E-state index is 13.0. The first kappa shape index (κ1) is 15.6. The molecule has 126 valence electrons. The highest BCUT2D eigenvalue weighted by Crippen LogP contribution is 2.31. The third-order valence-corrected chi connectivity index (χ3v) is 6.20. The molecule has 1 aromatic heterocycles. The zero-order valence-electron chi connectivity index (χ0n) is 13.6. The standard InChI is InChI=1S/C18H19NO4S/c1-12-10-19(11-13(2)22-12)24(20,21)14-7-8-18-16(9-14)15-5-3-4-6-17(15)23-18/h3-9,12-13H,10-11H2,1-2H3/t12-,13+. The van der Waals surface area contributed by atoms with Crippen molar-refractivity contribution in [2.75, 3.05) is 13.1 Å². The number of hydrogen-bond acceptors (Lipinski definition) is 4. The summed E-state index contributed by atoms with van der Waals surface area (Å²) in [5, 5.41) is 1.74. The molecule has 1 fully saturated rings. The predicted octanol–water partition coefficient (Wildman–Crippen LogP) is 3.38. The van der Waals surface area contributed by atoms with Gasteiger partial charge in [-0.2, -0.15) is 4.31 Å². The number of para-hydroxylation sites is 1. The van der Waals surface area contributed by atoms with Crippen LogP contribution < -0.4 is 0 Å². The minimum Gasteiger partial charge on any atom is -0.456 e. The summed E-state index contributed by atoms with van der Waals surface area (Å²) in [6.45, 7) is 4.53. The van der Waals surface area contributed by atoms with Gasteiger partial charge in [-0.05, 0) is 38.1 Å². The van der Waals surface area contributed by atoms with Gasteiger partial charge in [0.15, 0.2) is 0 Å². The Bertz CT molecular complexity index is 998. The molecular weight excluding hydrogens is 326 g/mol. The van der Waals surface area contributed by atoms with Gasteiger partial charge in [-0.25, -0.2) is 8.42 Å². The third-order valence-electron chi connectivity index (χ3n) is 4.37. The number of furan rings is 1. The lowest BCUT2D eigenvalue weighted by Crippen LogP contribution is -2.48. The van der Waals surface area contributed by atoms with Crippen LogP contribution in [0.1, 0.15) is 13.8 Å². The molecule has 4 rings (SSSR count). The van der Waals surface area contributed by atoms with Crippen LogP contribution in [0.3, 0.4) is 0 Å². The van der Waals surface area contributed by atoms with Crippen LogP contribution >= 0.6 is 0 Å². The molecule has 2 aromatic carbocycles. The van der Waals surface area contributed by atoms with Crippen LogP contribution in [0.4, 0.5) is 0 Å². The summed E-state index contributed by atoms with van der Waals surface area (Å²) in [6.07, 6.45) is -0.218. The molecule has 0 saturated carbocycles. The fourth-order valence-corrected chi connectivity index (χ4v) is 4.96. The van der Waals surface area contributed by atoms with Crippen molar-refractivity contribution < 1.29 is 17.6 Å². The molecule has 0 N–H and O–H groups in total. The second kappa shape index (κ2) is 5.58. The Morgan fingerprint density at radius 3 is 2.38 bits per heavy atom. The number of nitrogens with zero attached hydrogens (tertiary/aromatic N) is 1. The zero-order valence-corrected chi connectivity index (χ0v) is 14.4. The van der Waals surface area contributed by atoms with Gasteiger partial charge >= 0.3 is 0 Å². The summed E-state index contributed by atoms with van der Waals surface area (Å²) < 4.78 is 39.0. The quantitative estimate of drug-likeness (QED) is 0.714. The number of fused-ring (bicyclic) bond motifs is 3. The Labute approximate surface area is 140 Å². The number of sulfonamides is 1. The zero-order chi connectivity index (χ0) is 16.9. The largest absolute Gasteiger partial charge is 0.456 e. The van der Waals surface area contributed by atoms with Crippen LogP contribution in [0.25, 0.3) is 21.9 Å². The number of morpholine rings is 1. The van der Waals surface area contributed by atoms with Gasteiger partial charge in [0.05, 0.1) is 17.1 Å². The Kier molecular flexibility index (Phi) is 3.63. The SMILES string of the molecule is C[C@@H]1CN(S(=O)(=O)c2ccc3oc4ccccc4c3c2)C[C@H](C)O1. The fraction of sp³-hybridized carbons (Fsp3) is 0.333. The molecule has 0 amide bonds. The summed E-state index contributed by atoms with van der Waals surface area (Å²) in [6, 6.07) is 12.7. The highest BCUT2D eigenvalue weighted by atomic mass is 32.2. The van der Waals surface area contributed by atoms with Crippen molar-refractivity contribution >= 4 is 32.0 Å². The molecule has 2 heterocycles. The van der Waals surface area contributed by atoms with Gasteiger partial charge in [0.2, 0.25) is 10.0 Å². The lowest BCUT2D eigenvalue weighted by molar-refractivity contribution is -0.0440. The van der Waals surface area contributed by atoms with Crippen LogP contribution in [-0.4, -0.2) is 38.0 Å². The average Bonchev–Trinajstić information content (AvgIpc) is 2.91. The highest BCUT2D eigenvalue weighted by molar-refractivity contribution is 7.89. The maximum atomic E-state index is 13.0. The minimum atomic E-state index is -3.55. The number of rotatable bonds is 2. The maximum Gasteiger partial charge on any atom is 0.243 e. The van der Waals surface area contributed by atoms with E-state index >= 15 is 0 Å². The summed E-state index contributed by atoms with van der Waals surface area (Å²) in [5.74, 6) is 0. The molecule has 2 atom stereocenters. The van der Waals surface area contributed by atoms with Crippen LogP contribution in [0.15, 0.2) is 51.8 Å². The summed E-state index contributed by atoms with van der Waals surface area (Å²) >= 11 is 0. The molecule has 0 bridgehead atoms. The van der Waals surface area contributed by atoms with E-state index in [9.17, 15) is 8.42 Å². The predicted molar refractivity (Wildman–Crippen MR) is 92.5 cm³/mol. The van der Waals surface area contributed by atoms with Crippen molar-refractivity contribution in [1.82, 2.24) is 4.31 Å². The Balaban J connectivity index is 1.81. The first-order chi connectivity index (χ1) is 11.4. The van der Waals surface area contributed by atoms with Crippen molar-refractivity contribution in [3.05, 3.63) is 42.5 Å². The van der Waals surface area contributed by atoms with E-state index in [-0.39, 0.29) is 12.2 Å². The van der Waals surface area contributed by atoms with Crippen molar-refractivity contribution in [3.8, 4) is 0 Å². The molecule has 5 nitrogen and oxygen atoms in total. The van der Waals surface area contributed by atoms with Crippen LogP contribution in [-0.2, 0) is 14.8 Å². The van der Waals surface area contributed by atoms with E-state index in [0.717, 1.165) is 16.4 Å². The number of benzene rings is 2. The van der Waals surface area contributed by atoms with E-state index in [1.807, 2.05) is 38.1 Å². The monoisotopic (exact) mass is 345 g/mol. The van der Waals surface area contributed by atoms with Crippen molar-refractivity contribution in [1.29, 1.82) is 0 Å². The van der Waals surface area contributed by atoms with Crippen LogP contribution in [0.5, 0.6) is 0 Å². The molecule has 0 spiro atoms. The van der Waals surface area contributed by atoms with Gasteiger partial charge in [0, 0.05) is 23.9 Å². The minimum absolute atomic E-state index is 0.109. The van der Waals surface area contributed by atoms with Crippen molar-refractivity contribution in [3.63, 3.8) is 0 Å². The summed E-state index contributed by atoms with van der Waals surface area (Å²) in [5.41, 5.74) is 1.45. The Hall–Kier alpha value is -1.89. The first-order valence-corrected chi connectivity index (χ1v) is 9.46. The molecule has 6 heteroatoms. The Morgan fingerprint density at radius 2 is 1.62 bits per heavy atom. The second-order valence-corrected chi connectivity index (χ2v) is 8.27. The van der Waals surface area contributed by atoms with E-state index in [2.05, 4.69) is 0 Å². The molecule has 0 unspecified atom stereocenters. The topological polar surface area (TPSA) is 59.8 Å². The van der Waals surface area contributed by atoms with Gasteiger partial charge in [-0.3, -0.25) is 0 Å². The molecular formula is C18H19NO4S. The molecule has 1 saturated heterocycles. The molecule has 1 aliphatic rings. The van der Waals surface area contributed by atoms with E-state index in [1.54, 1.807) is 18.2 Å². The second-order valence-electron chi connectivity index (χ2n) is 6.34. The molecule has 0 radical (unpaired) electrons. The van der Waals surface area contributed by atoms with Gasteiger partial charge in [-0.15, -0.1) is 0 Å². The highest BCUT2D eigenvalue weighted by Gasteiger charge is 2.32. The Morgan fingerprint density at radius 1 is 0.958 bits per heavy atom. The average molecular weight is 345 g/mol. The van der Waals surface area contributed by atoms with Gasteiger partial charge in [0.1, 0.15) is 11.2 Å². The van der Waals surface area contributed by atoms with E-state index in [1.165, 1.54) is 4.31 Å². The number of hydrogen-bond donors (Lipinski definition) is 0. The molecule has 3 aromatic rings. The molecule has 24 heavy (non-hydrogen) atoms. The summed E-state index contributed by atoms with van der Waals surface area (Å²) in [7, 11) is -3.55. The summed E-state index contributed by atoms with van der Waals surface area (Å²) in [4.78, 5) is 0.294. The molecule has 0 aliphatic carbocycles. The first-order valence-electron chi connectivity index (χ1n) is 8.02. The van der Waals surface area contributed by atoms with Crippen LogP contribution in [0, 0.1) is 0 Å². The third kappa shape index (κ3) is 2.51. The fourth-order valence-electron chi connectivity index (χ4n) is 3.34. The van der Waals surface area contributed by atoms with Gasteiger partial charge in [-0.1, -0.05) is 18.2 Å². The van der Waals surface area contributed by atoms with E-state index in [0.29, 0.717) is 23.6 Å². The van der Waals surface area contributed by atoms with Crippen molar-refractivity contribution in [2.24, 2.45) is 0 Å². The van der Waals surface area contributed by atoms with E-state index < -0.39 is 10.0 Å². The van der Waals surface area contributed by atoms with Gasteiger partial charge in [0.25, 0.3) is 0 Å². The lowest BCUT2D eigenvalue weighted by Gasteiger charge is -2.34. The smallest absolute Gasteiger partial charge is 0.243 e. The normalized spacial score (nSPS) is 23.1. The molecule has 1 aliphatic heterocycles. The lowest BCUT2D eigenvalue weighted by atomic mass is 10.1. The van der Waals surface area contributed by atoms with Crippen LogP contribution in [0.2, 0.25) is 0 Å². The van der Waals surface area contributed by atoms with Crippen molar-refractivity contribution in [2.45, 2.75) is 31.0 Å². The number of ether oxygens (including phenoxy) is 1. The van der Waals surface area contributed by atoms with Gasteiger partial charge < -0.3 is 9.15 Å². The van der Waals surface area contributed by atoms with E-state index in [4.69, 9.17) is 9.15 Å².